The van der Waals surface area contributed by atoms with E-state index in [1.807, 2.05) is 18.2 Å². The van der Waals surface area contributed by atoms with E-state index >= 15 is 0 Å². The third kappa shape index (κ3) is 9.43. The molecule has 0 saturated heterocycles. The fourth-order valence-corrected chi connectivity index (χ4v) is 4.94. The van der Waals surface area contributed by atoms with Crippen molar-refractivity contribution in [1.82, 2.24) is 0 Å². The Balaban J connectivity index is 0.00000480. The molecule has 0 radical (unpaired) electrons. The number of hydrogen-bond donors (Lipinski definition) is 0. The first-order valence-electron chi connectivity index (χ1n) is 11.5. The smallest absolute Gasteiger partial charge is 0.744 e. The molecule has 2 aromatic rings. The molecule has 31 heavy (non-hydrogen) atoms. The van der Waals surface area contributed by atoms with Crippen molar-refractivity contribution in [3.63, 3.8) is 0 Å². The van der Waals surface area contributed by atoms with E-state index < -0.39 is 10.1 Å². The standard InChI is InChI=1S/C25H38O4S.Na/c1-3-4-5-6-7-8-9-10-11-12-13-14-19-23-24(30(26,27)28)20-21-17-15-16-18-22(21)25(23)29-2;/h15-18,20H,3-14,19H2,1-2H3,(H,26,27,28);/q;+1/p-1. The summed E-state index contributed by atoms with van der Waals surface area (Å²) >= 11 is 0. The first-order chi connectivity index (χ1) is 14.5. The van der Waals surface area contributed by atoms with Crippen LogP contribution in [0.3, 0.4) is 0 Å². The SMILES string of the molecule is CCCCCCCCCCCCCCc1c(S(=O)(=O)[O-])cc2ccccc2c1OC.[Na+]. The van der Waals surface area contributed by atoms with Crippen LogP contribution in [0.25, 0.3) is 10.8 Å². The zero-order valence-corrected chi connectivity index (χ0v) is 22.4. The van der Waals surface area contributed by atoms with Gasteiger partial charge in [0.25, 0.3) is 0 Å². The van der Waals surface area contributed by atoms with Crippen molar-refractivity contribution >= 4 is 20.9 Å². The molecular weight excluding hydrogens is 419 g/mol. The molecule has 0 aliphatic rings. The number of fused-ring (bicyclic) bond motifs is 1. The maximum absolute atomic E-state index is 11.9. The number of methoxy groups -OCH3 is 1. The molecule has 0 unspecified atom stereocenters. The number of benzene rings is 2. The molecule has 0 aliphatic heterocycles. The summed E-state index contributed by atoms with van der Waals surface area (Å²) in [6, 6.07) is 8.93. The van der Waals surface area contributed by atoms with Crippen LogP contribution in [0.15, 0.2) is 35.2 Å². The molecule has 0 heterocycles. The Bertz CT molecular complexity index is 880. The van der Waals surface area contributed by atoms with E-state index in [9.17, 15) is 13.0 Å². The quantitative estimate of drug-likeness (QED) is 0.231. The number of hydrogen-bond acceptors (Lipinski definition) is 4. The van der Waals surface area contributed by atoms with Crippen molar-refractivity contribution in [2.75, 3.05) is 7.11 Å². The fraction of sp³-hybridized carbons (Fsp3) is 0.600. The van der Waals surface area contributed by atoms with Crippen molar-refractivity contribution in [3.05, 3.63) is 35.9 Å². The topological polar surface area (TPSA) is 66.4 Å². The van der Waals surface area contributed by atoms with Crippen molar-refractivity contribution in [3.8, 4) is 5.75 Å². The van der Waals surface area contributed by atoms with Crippen LogP contribution in [0.5, 0.6) is 5.75 Å². The maximum Gasteiger partial charge on any atom is 1.00 e. The Morgan fingerprint density at radius 1 is 0.839 bits per heavy atom. The van der Waals surface area contributed by atoms with Crippen LogP contribution < -0.4 is 34.3 Å². The third-order valence-electron chi connectivity index (χ3n) is 5.82. The van der Waals surface area contributed by atoms with E-state index in [2.05, 4.69) is 6.92 Å². The molecule has 4 nitrogen and oxygen atoms in total. The number of unbranched alkanes of at least 4 members (excludes halogenated alkanes) is 11. The first-order valence-corrected chi connectivity index (χ1v) is 12.9. The molecule has 168 valence electrons. The number of ether oxygens (including phenoxy) is 1. The van der Waals surface area contributed by atoms with Gasteiger partial charge in [0.15, 0.2) is 0 Å². The first kappa shape index (κ1) is 28.4. The van der Waals surface area contributed by atoms with Gasteiger partial charge in [-0.1, -0.05) is 102 Å². The predicted molar refractivity (Wildman–Crippen MR) is 123 cm³/mol. The van der Waals surface area contributed by atoms with E-state index in [0.29, 0.717) is 23.1 Å². The van der Waals surface area contributed by atoms with Gasteiger partial charge in [-0.3, -0.25) is 0 Å². The molecule has 0 aromatic heterocycles. The van der Waals surface area contributed by atoms with E-state index in [1.165, 1.54) is 71.0 Å². The Morgan fingerprint density at radius 3 is 1.87 bits per heavy atom. The monoisotopic (exact) mass is 456 g/mol. The fourth-order valence-electron chi connectivity index (χ4n) is 4.17. The van der Waals surface area contributed by atoms with Crippen molar-refractivity contribution in [2.24, 2.45) is 0 Å². The Morgan fingerprint density at radius 2 is 1.35 bits per heavy atom. The zero-order valence-electron chi connectivity index (χ0n) is 19.6. The van der Waals surface area contributed by atoms with Crippen molar-refractivity contribution < 1.29 is 47.3 Å². The molecule has 0 N–H and O–H groups in total. The summed E-state index contributed by atoms with van der Waals surface area (Å²) in [5, 5.41) is 1.56. The van der Waals surface area contributed by atoms with Crippen LogP contribution in [0.2, 0.25) is 0 Å². The summed E-state index contributed by atoms with van der Waals surface area (Å²) in [6.45, 7) is 2.25. The van der Waals surface area contributed by atoms with Gasteiger partial charge in [0.1, 0.15) is 15.9 Å². The molecular formula is C25H37NaO4S. The van der Waals surface area contributed by atoms with Crippen LogP contribution in [-0.2, 0) is 16.5 Å². The second-order valence-corrected chi connectivity index (χ2v) is 9.55. The molecule has 0 spiro atoms. The summed E-state index contributed by atoms with van der Waals surface area (Å²) in [5.41, 5.74) is 0.526. The van der Waals surface area contributed by atoms with Gasteiger partial charge in [0, 0.05) is 10.9 Å². The summed E-state index contributed by atoms with van der Waals surface area (Å²) in [7, 11) is -3.02. The van der Waals surface area contributed by atoms with Crippen LogP contribution in [0.4, 0.5) is 0 Å². The van der Waals surface area contributed by atoms with Gasteiger partial charge < -0.3 is 9.29 Å². The average molecular weight is 457 g/mol. The van der Waals surface area contributed by atoms with Crippen molar-refractivity contribution in [1.29, 1.82) is 0 Å². The van der Waals surface area contributed by atoms with E-state index in [-0.39, 0.29) is 34.5 Å². The van der Waals surface area contributed by atoms with Gasteiger partial charge in [-0.2, -0.15) is 0 Å². The molecule has 6 heteroatoms. The summed E-state index contributed by atoms with van der Waals surface area (Å²) in [5.74, 6) is 0.519. The molecule has 0 amide bonds. The minimum Gasteiger partial charge on any atom is -0.744 e. The largest absolute Gasteiger partial charge is 1.00 e. The maximum atomic E-state index is 11.9. The molecule has 2 aromatic carbocycles. The molecule has 0 aliphatic carbocycles. The Labute approximate surface area is 211 Å². The third-order valence-corrected chi connectivity index (χ3v) is 6.72. The van der Waals surface area contributed by atoms with E-state index in [1.54, 1.807) is 6.07 Å². The van der Waals surface area contributed by atoms with Crippen LogP contribution >= 0.6 is 0 Å². The zero-order chi connectivity index (χ0) is 21.8. The van der Waals surface area contributed by atoms with E-state index in [4.69, 9.17) is 4.74 Å². The second kappa shape index (κ2) is 15.3. The Hall–Kier alpha value is -0.590. The average Bonchev–Trinajstić information content (AvgIpc) is 2.73. The summed E-state index contributed by atoms with van der Waals surface area (Å²) in [4.78, 5) is -0.138. The molecule has 0 saturated carbocycles. The second-order valence-electron chi connectivity index (χ2n) is 8.20. The predicted octanol–water partition coefficient (Wildman–Crippen LogP) is 4.00. The molecule has 0 bridgehead atoms. The van der Waals surface area contributed by atoms with Gasteiger partial charge in [0.2, 0.25) is 0 Å². The van der Waals surface area contributed by atoms with E-state index in [0.717, 1.165) is 24.6 Å². The normalized spacial score (nSPS) is 11.5. The van der Waals surface area contributed by atoms with Crippen LogP contribution in [0, 0.1) is 0 Å². The van der Waals surface area contributed by atoms with Gasteiger partial charge in [-0.05, 0) is 24.3 Å². The van der Waals surface area contributed by atoms with Gasteiger partial charge in [-0.25, -0.2) is 8.42 Å². The minimum absolute atomic E-state index is 0. The molecule has 0 atom stereocenters. The molecule has 0 fully saturated rings. The Kier molecular flexibility index (Phi) is 14.0. The number of rotatable bonds is 15. The molecule has 2 rings (SSSR count). The van der Waals surface area contributed by atoms with Crippen LogP contribution in [0.1, 0.15) is 89.5 Å². The van der Waals surface area contributed by atoms with Gasteiger partial charge in [-0.15, -0.1) is 0 Å². The minimum atomic E-state index is -4.55. The van der Waals surface area contributed by atoms with Gasteiger partial charge >= 0.3 is 29.6 Å². The van der Waals surface area contributed by atoms with Gasteiger partial charge in [0.05, 0.1) is 12.0 Å². The van der Waals surface area contributed by atoms with Crippen LogP contribution in [-0.4, -0.2) is 20.1 Å². The summed E-state index contributed by atoms with van der Waals surface area (Å²) in [6.07, 6.45) is 15.5. The van der Waals surface area contributed by atoms with Crippen molar-refractivity contribution in [2.45, 2.75) is 95.3 Å². The summed E-state index contributed by atoms with van der Waals surface area (Å²) < 4.78 is 41.2.